The zero-order valence-corrected chi connectivity index (χ0v) is 57.4. The zero-order chi connectivity index (χ0) is 52.8. The molecule has 71 heavy (non-hydrogen) atoms. The van der Waals surface area contributed by atoms with Crippen LogP contribution in [0.25, 0.3) is 0 Å². The van der Waals surface area contributed by atoms with Gasteiger partial charge in [-0.1, -0.05) is 0 Å². The predicted molar refractivity (Wildman–Crippen MR) is 200 cm³/mol. The number of aliphatic hydroxyl groups excluding tert-OH is 1. The molecule has 2 amide bonds. The number of carbonyl (C=O) groups excluding carboxylic acids is 6. The summed E-state index contributed by atoms with van der Waals surface area (Å²) in [6.45, 7) is -1.13. The first-order chi connectivity index (χ1) is 29.8. The molecule has 0 aromatic heterocycles. The van der Waals surface area contributed by atoms with Crippen LogP contribution < -0.4 is 304 Å². The van der Waals surface area contributed by atoms with E-state index in [1.165, 1.54) is 0 Å². The summed E-state index contributed by atoms with van der Waals surface area (Å²) in [5, 5.41) is 89.4. The molecule has 16 N–H and O–H groups in total. The van der Waals surface area contributed by atoms with Gasteiger partial charge in [0.2, 0.25) is 11.8 Å². The van der Waals surface area contributed by atoms with Crippen LogP contribution in [0.15, 0.2) is 0 Å². The van der Waals surface area contributed by atoms with Crippen molar-refractivity contribution in [3.8, 4) is 0 Å². The number of hydrogen-bond donors (Lipinski definition) is 14. The summed E-state index contributed by atoms with van der Waals surface area (Å²) < 4.78 is 35.7. The molecule has 7 atom stereocenters. The third-order valence-corrected chi connectivity index (χ3v) is 9.72. The second kappa shape index (κ2) is 51.3. The van der Waals surface area contributed by atoms with Crippen molar-refractivity contribution in [1.82, 2.24) is 10.6 Å². The van der Waals surface area contributed by atoms with Crippen molar-refractivity contribution in [3.63, 3.8) is 0 Å². The number of nitrogens with two attached hydrogens (primary N) is 2. The number of amides is 2. The fraction of sp³-hybridized carbons (Fsp3) is 0.667. The molecule has 0 aliphatic heterocycles. The molecule has 0 fully saturated rings. The van der Waals surface area contributed by atoms with Gasteiger partial charge >= 0.3 is 296 Å². The van der Waals surface area contributed by atoms with Crippen molar-refractivity contribution in [2.75, 3.05) is 25.5 Å². The van der Waals surface area contributed by atoms with E-state index in [0.717, 1.165) is 0 Å². The van der Waals surface area contributed by atoms with Crippen molar-refractivity contribution >= 4 is 82.6 Å². The number of carboxylic acid groups (broad SMARTS) is 8. The molecule has 5 unspecified atom stereocenters. The van der Waals surface area contributed by atoms with Crippen LogP contribution in [0.3, 0.4) is 0 Å². The third-order valence-electron chi connectivity index (χ3n) is 7.34. The van der Waals surface area contributed by atoms with E-state index in [1.807, 2.05) is 5.32 Å². The fourth-order valence-electron chi connectivity index (χ4n) is 4.07. The summed E-state index contributed by atoms with van der Waals surface area (Å²) in [5.74, 6) is -16.3. The Morgan fingerprint density at radius 2 is 0.944 bits per heavy atom. The van der Waals surface area contributed by atoms with Gasteiger partial charge in [0.25, 0.3) is 0 Å². The quantitative estimate of drug-likeness (QED) is 0.0235. The van der Waals surface area contributed by atoms with Gasteiger partial charge in [0.15, 0.2) is 0 Å². The van der Waals surface area contributed by atoms with Gasteiger partial charge in [-0.3, -0.25) is 28.5 Å². The molecule has 0 saturated carbocycles. The van der Waals surface area contributed by atoms with Gasteiger partial charge in [0, 0.05) is 62.4 Å². The van der Waals surface area contributed by atoms with E-state index in [2.05, 4.69) is 9.84 Å². The molecule has 0 radical (unpaired) electrons. The summed E-state index contributed by atoms with van der Waals surface area (Å²) in [7, 11) is -13.9. The minimum Gasteiger partial charge on any atom is -0.778 e. The van der Waals surface area contributed by atoms with Crippen molar-refractivity contribution in [3.05, 3.63) is 0 Å². The number of phosphoric acid groups is 1. The molecule has 0 spiro atoms. The van der Waals surface area contributed by atoms with E-state index < -0.39 is 170 Å². The minimum absolute atomic E-state index is 0. The maximum absolute atomic E-state index is 11.8. The monoisotopic (exact) mass is 1220 g/mol. The van der Waals surface area contributed by atoms with Gasteiger partial charge in [-0.15, -0.1) is 0 Å². The van der Waals surface area contributed by atoms with Gasteiger partial charge in [-0.05, 0) is 38.5 Å². The van der Waals surface area contributed by atoms with Gasteiger partial charge < -0.3 is 126 Å². The topological polar surface area (TPSA) is 625 Å². The molecule has 41 heteroatoms. The molecule has 0 heterocycles. The number of nitrogens with one attached hydrogen (secondary N) is 2. The van der Waals surface area contributed by atoms with Crippen molar-refractivity contribution in [1.29, 1.82) is 0 Å². The van der Waals surface area contributed by atoms with Crippen LogP contribution in [0.4, 0.5) is 0 Å². The molecule has 0 saturated heterocycles. The van der Waals surface area contributed by atoms with Gasteiger partial charge in [0.1, 0.15) is 19.7 Å². The normalized spacial score (nSPS) is 13.5. The number of aliphatic carboxylic acids is 8. The first-order valence-electron chi connectivity index (χ1n) is 18.1. The second-order valence-corrected chi connectivity index (χ2v) is 17.6. The molecular formula is C30H50K5N4O29P3. The Morgan fingerprint density at radius 1 is 0.521 bits per heavy atom. The SMILES string of the molecule is NC(CCC(=O)N[C@@H](CCO)C(=O)O)C(=O)O.NC(CCC(=O)N[C@@H](CCOP(=O)([O-])CC(CCC(=O)[O-])C(=O)[O-])C(=O)[O-])C(=O)[O-].O=C(O)CCC(CP(=O)(O)O)C(=O)O.O=P(O)(O)O.[K+].[K+].[K+].[K+].[K+]. The van der Waals surface area contributed by atoms with E-state index in [-0.39, 0.29) is 296 Å². The molecule has 0 aromatic carbocycles. The summed E-state index contributed by atoms with van der Waals surface area (Å²) in [4.78, 5) is 158. The molecule has 0 aromatic rings. The average Bonchev–Trinajstić information content (AvgIpc) is 3.14. The molecular weight excluding hydrogens is 1170 g/mol. The van der Waals surface area contributed by atoms with Crippen molar-refractivity contribution < 1.29 is 398 Å². The second-order valence-electron chi connectivity index (χ2n) is 13.0. The Kier molecular flexibility index (Phi) is 67.6. The van der Waals surface area contributed by atoms with E-state index in [9.17, 15) is 82.4 Å². The van der Waals surface area contributed by atoms with Crippen LogP contribution in [0, 0.1) is 11.8 Å². The van der Waals surface area contributed by atoms with Gasteiger partial charge in [0.05, 0.1) is 36.7 Å². The van der Waals surface area contributed by atoms with Crippen LogP contribution in [-0.2, 0) is 66.2 Å². The maximum atomic E-state index is 11.8. The number of rotatable bonds is 30. The first kappa shape index (κ1) is 93.5. The Balaban J connectivity index is -0.000000114. The Morgan fingerprint density at radius 3 is 1.27 bits per heavy atom. The molecule has 0 aliphatic rings. The number of carbonyl (C=O) groups is 10. The standard InChI is InChI=1S/C15H25N2O12P.C9H16N2O6.C6H11O7P.5K.H3O4P/c16-9(14(23)24)2-3-11(18)17-10(15(25)26)5-6-29-30(27,28)7-8(13(21)22)1-4-12(19)20;10-5(8(14)15)1-2-7(13)11-6(3-4-12)9(16)17;7-5(8)2-1-4(6(9)10)3-14(11,12)13;;;;;;1-5(2,3)4/h8-10H,1-7,16H2,(H,17,18)(H,19,20)(H,21,22)(H,23,24)(H,25,26)(H,27,28);5-6,12H,1-4,10H2,(H,11,13)(H,14,15)(H,16,17);4H,1-3H2,(H,7,8)(H,9,10)(H2,11,12,13);;;;;;(H3,1,2,3,4)/q;;;5*+1;/p-5/t8?,9?,10-;5?,6-;;;;;;;/m00......./s1. The summed E-state index contributed by atoms with van der Waals surface area (Å²) in [6, 6.07) is -5.46. The third kappa shape index (κ3) is 65.6. The molecule has 33 nitrogen and oxygen atoms in total. The molecule has 384 valence electrons. The van der Waals surface area contributed by atoms with Crippen LogP contribution in [0.2, 0.25) is 0 Å². The van der Waals surface area contributed by atoms with Crippen molar-refractivity contribution in [2.45, 2.75) is 88.4 Å². The predicted octanol–water partition coefficient (Wildman–Crippen LogP) is -25.1. The van der Waals surface area contributed by atoms with Crippen LogP contribution >= 0.6 is 23.0 Å². The van der Waals surface area contributed by atoms with E-state index >= 15 is 0 Å². The van der Waals surface area contributed by atoms with Crippen LogP contribution in [-0.4, -0.2) is 159 Å². The Hall–Kier alpha value is 3.17. The summed E-state index contributed by atoms with van der Waals surface area (Å²) in [6.07, 6.45) is -5.65. The van der Waals surface area contributed by atoms with Crippen molar-refractivity contribution in [2.24, 2.45) is 23.3 Å². The fourth-order valence-corrected chi connectivity index (χ4v) is 6.34. The largest absolute Gasteiger partial charge is 1.00 e. The Bertz CT molecular complexity index is 1790. The molecule has 0 bridgehead atoms. The summed E-state index contributed by atoms with van der Waals surface area (Å²) >= 11 is 0. The van der Waals surface area contributed by atoms with Crippen LogP contribution in [0.1, 0.15) is 64.2 Å². The first-order valence-corrected chi connectivity index (χ1v) is 23.1. The molecule has 0 aliphatic carbocycles. The maximum Gasteiger partial charge on any atom is 1.00 e. The number of hydrogen-bond acceptors (Lipinski definition) is 22. The number of aliphatic hydroxyl groups is 1. The van der Waals surface area contributed by atoms with Gasteiger partial charge in [-0.25, -0.2) is 9.36 Å². The smallest absolute Gasteiger partial charge is 0.778 e. The van der Waals surface area contributed by atoms with Crippen LogP contribution in [0.5, 0.6) is 0 Å². The van der Waals surface area contributed by atoms with Gasteiger partial charge in [-0.2, -0.15) is 0 Å². The van der Waals surface area contributed by atoms with E-state index in [0.29, 0.717) is 0 Å². The van der Waals surface area contributed by atoms with E-state index in [1.54, 1.807) is 0 Å². The van der Waals surface area contributed by atoms with E-state index in [4.69, 9.17) is 66.0 Å². The Labute approximate surface area is 616 Å². The number of carboxylic acids is 8. The molecule has 0 rings (SSSR count). The summed E-state index contributed by atoms with van der Waals surface area (Å²) in [5.41, 5.74) is 10.3. The average molecular weight is 1220 g/mol. The minimum atomic E-state index is -4.82. The zero-order valence-electron chi connectivity index (χ0n) is 39.1.